The minimum atomic E-state index is -0.431. The van der Waals surface area contributed by atoms with Crippen LogP contribution in [-0.2, 0) is 14.9 Å². The van der Waals surface area contributed by atoms with Crippen LogP contribution < -0.4 is 11.1 Å². The van der Waals surface area contributed by atoms with Gasteiger partial charge in [0.25, 0.3) is 0 Å². The molecule has 1 saturated heterocycles. The summed E-state index contributed by atoms with van der Waals surface area (Å²) in [5.74, 6) is 0.169. The van der Waals surface area contributed by atoms with E-state index in [1.165, 1.54) is 0 Å². The number of ether oxygens (including phenoxy) is 1. The van der Waals surface area contributed by atoms with Gasteiger partial charge in [0.1, 0.15) is 0 Å². The number of carbonyl (C=O) groups excluding carboxylic acids is 1. The summed E-state index contributed by atoms with van der Waals surface area (Å²) in [6, 6.07) is 10.7. The number of carbonyl (C=O) groups is 1. The lowest BCUT2D eigenvalue weighted by Gasteiger charge is -2.38. The molecule has 0 bridgehead atoms. The van der Waals surface area contributed by atoms with Gasteiger partial charge in [0.15, 0.2) is 0 Å². The quantitative estimate of drug-likeness (QED) is 0.890. The van der Waals surface area contributed by atoms with Crippen LogP contribution in [0.15, 0.2) is 30.3 Å². The van der Waals surface area contributed by atoms with Crippen LogP contribution in [0.1, 0.15) is 44.1 Å². The highest BCUT2D eigenvalue weighted by atomic mass is 35.5. The fourth-order valence-corrected chi connectivity index (χ4v) is 3.71. The molecule has 1 aliphatic carbocycles. The first-order chi connectivity index (χ1) is 10.7. The molecule has 0 aromatic heterocycles. The van der Waals surface area contributed by atoms with E-state index >= 15 is 0 Å². The Morgan fingerprint density at radius 3 is 2.30 bits per heavy atom. The van der Waals surface area contributed by atoms with E-state index in [0.29, 0.717) is 19.3 Å². The van der Waals surface area contributed by atoms with E-state index in [1.807, 2.05) is 18.2 Å². The van der Waals surface area contributed by atoms with Crippen molar-refractivity contribution >= 4 is 18.3 Å². The zero-order chi connectivity index (χ0) is 15.4. The number of halogens is 1. The molecule has 4 nitrogen and oxygen atoms in total. The lowest BCUT2D eigenvalue weighted by Crippen LogP contribution is -2.52. The first-order valence-electron chi connectivity index (χ1n) is 8.40. The van der Waals surface area contributed by atoms with E-state index in [2.05, 4.69) is 17.4 Å². The molecule has 0 unspecified atom stereocenters. The van der Waals surface area contributed by atoms with Gasteiger partial charge in [-0.2, -0.15) is 0 Å². The summed E-state index contributed by atoms with van der Waals surface area (Å²) < 4.78 is 5.50. The molecule has 0 atom stereocenters. The molecule has 1 heterocycles. The smallest absolute Gasteiger partial charge is 0.231 e. The first kappa shape index (κ1) is 18.2. The molecule has 0 radical (unpaired) electrons. The first-order valence-corrected chi connectivity index (χ1v) is 8.40. The Kier molecular flexibility index (Phi) is 6.45. The van der Waals surface area contributed by atoms with E-state index in [0.717, 1.165) is 44.1 Å². The van der Waals surface area contributed by atoms with Crippen molar-refractivity contribution in [2.75, 3.05) is 13.2 Å². The molecule has 3 rings (SSSR count). The van der Waals surface area contributed by atoms with Crippen molar-refractivity contribution < 1.29 is 9.53 Å². The van der Waals surface area contributed by atoms with Crippen molar-refractivity contribution in [2.24, 2.45) is 5.73 Å². The predicted octanol–water partition coefficient (Wildman–Crippen LogP) is 2.54. The number of rotatable bonds is 3. The fourth-order valence-electron chi connectivity index (χ4n) is 3.71. The topological polar surface area (TPSA) is 64.3 Å². The number of nitrogens with two attached hydrogens (primary N) is 1. The second kappa shape index (κ2) is 8.13. The van der Waals surface area contributed by atoms with Crippen molar-refractivity contribution in [2.45, 2.75) is 56.0 Å². The largest absolute Gasteiger partial charge is 0.381 e. The molecule has 1 aromatic carbocycles. The van der Waals surface area contributed by atoms with Gasteiger partial charge in [-0.3, -0.25) is 4.79 Å². The fraction of sp³-hybridized carbons (Fsp3) is 0.611. The Morgan fingerprint density at radius 2 is 1.70 bits per heavy atom. The monoisotopic (exact) mass is 338 g/mol. The van der Waals surface area contributed by atoms with Gasteiger partial charge in [0.2, 0.25) is 5.91 Å². The molecule has 0 spiro atoms. The lowest BCUT2D eigenvalue weighted by atomic mass is 9.73. The van der Waals surface area contributed by atoms with Crippen LogP contribution in [0.5, 0.6) is 0 Å². The van der Waals surface area contributed by atoms with Crippen LogP contribution in [0.2, 0.25) is 0 Å². The molecule has 1 aromatic rings. The third-order valence-electron chi connectivity index (χ3n) is 5.21. The molecule has 2 fully saturated rings. The molecule has 1 saturated carbocycles. The Labute approximate surface area is 144 Å². The van der Waals surface area contributed by atoms with Gasteiger partial charge < -0.3 is 15.8 Å². The van der Waals surface area contributed by atoms with Crippen LogP contribution in [0.4, 0.5) is 0 Å². The maximum Gasteiger partial charge on any atom is 0.231 e. The number of hydrogen-bond acceptors (Lipinski definition) is 3. The van der Waals surface area contributed by atoms with Gasteiger partial charge in [-0.25, -0.2) is 0 Å². The standard InChI is InChI=1S/C18H26N2O2.ClH/c19-15-6-8-16(9-7-15)20-17(21)18(10-12-22-13-11-18)14-4-2-1-3-5-14;/h1-5,15-16H,6-13,19H2,(H,20,21);1H. The molecule has 3 N–H and O–H groups in total. The van der Waals surface area contributed by atoms with Gasteiger partial charge in [0, 0.05) is 25.3 Å². The van der Waals surface area contributed by atoms with E-state index in [1.54, 1.807) is 0 Å². The van der Waals surface area contributed by atoms with Crippen molar-refractivity contribution in [3.05, 3.63) is 35.9 Å². The van der Waals surface area contributed by atoms with Crippen molar-refractivity contribution in [1.29, 1.82) is 0 Å². The third kappa shape index (κ3) is 4.06. The van der Waals surface area contributed by atoms with E-state index < -0.39 is 5.41 Å². The summed E-state index contributed by atoms with van der Waals surface area (Å²) in [5, 5.41) is 3.30. The van der Waals surface area contributed by atoms with Gasteiger partial charge in [0.05, 0.1) is 5.41 Å². The zero-order valence-corrected chi connectivity index (χ0v) is 14.3. The molecular formula is C18H27ClN2O2. The third-order valence-corrected chi connectivity index (χ3v) is 5.21. The average molecular weight is 339 g/mol. The number of amides is 1. The molecule has 23 heavy (non-hydrogen) atoms. The van der Waals surface area contributed by atoms with E-state index in [9.17, 15) is 4.79 Å². The zero-order valence-electron chi connectivity index (χ0n) is 13.5. The van der Waals surface area contributed by atoms with Crippen molar-refractivity contribution in [3.8, 4) is 0 Å². The molecule has 5 heteroatoms. The number of hydrogen-bond donors (Lipinski definition) is 2. The molecule has 1 amide bonds. The van der Waals surface area contributed by atoms with Crippen molar-refractivity contribution in [1.82, 2.24) is 5.32 Å². The van der Waals surface area contributed by atoms with Gasteiger partial charge >= 0.3 is 0 Å². The Balaban J connectivity index is 0.00000192. The number of benzene rings is 1. The summed E-state index contributed by atoms with van der Waals surface area (Å²) >= 11 is 0. The second-order valence-corrected chi connectivity index (χ2v) is 6.65. The molecule has 1 aliphatic heterocycles. The highest BCUT2D eigenvalue weighted by Gasteiger charge is 2.42. The van der Waals surface area contributed by atoms with Crippen LogP contribution in [0.25, 0.3) is 0 Å². The SMILES string of the molecule is Cl.NC1CCC(NC(=O)C2(c3ccccc3)CCOCC2)CC1. The Bertz CT molecular complexity index is 495. The molecular weight excluding hydrogens is 312 g/mol. The minimum Gasteiger partial charge on any atom is -0.381 e. The molecule has 128 valence electrons. The van der Waals surface area contributed by atoms with Crippen LogP contribution in [0, 0.1) is 0 Å². The van der Waals surface area contributed by atoms with Gasteiger partial charge in [-0.1, -0.05) is 30.3 Å². The maximum atomic E-state index is 13.1. The summed E-state index contributed by atoms with van der Waals surface area (Å²) in [7, 11) is 0. The van der Waals surface area contributed by atoms with Crippen LogP contribution in [-0.4, -0.2) is 31.2 Å². The summed E-state index contributed by atoms with van der Waals surface area (Å²) in [6.07, 6.45) is 5.52. The minimum absolute atomic E-state index is 0. The second-order valence-electron chi connectivity index (χ2n) is 6.65. The summed E-state index contributed by atoms with van der Waals surface area (Å²) in [6.45, 7) is 1.30. The molecule has 2 aliphatic rings. The van der Waals surface area contributed by atoms with E-state index in [4.69, 9.17) is 10.5 Å². The lowest BCUT2D eigenvalue weighted by molar-refractivity contribution is -0.131. The highest BCUT2D eigenvalue weighted by molar-refractivity contribution is 5.88. The van der Waals surface area contributed by atoms with Crippen molar-refractivity contribution in [3.63, 3.8) is 0 Å². The number of nitrogens with one attached hydrogen (secondary N) is 1. The maximum absolute atomic E-state index is 13.1. The van der Waals surface area contributed by atoms with Gasteiger partial charge in [-0.05, 0) is 44.1 Å². The predicted molar refractivity (Wildman–Crippen MR) is 93.8 cm³/mol. The summed E-state index contributed by atoms with van der Waals surface area (Å²) in [5.41, 5.74) is 6.64. The highest BCUT2D eigenvalue weighted by Crippen LogP contribution is 2.35. The van der Waals surface area contributed by atoms with Crippen LogP contribution >= 0.6 is 12.4 Å². The average Bonchev–Trinajstić information content (AvgIpc) is 2.58. The normalized spacial score (nSPS) is 26.8. The van der Waals surface area contributed by atoms with Crippen LogP contribution in [0.3, 0.4) is 0 Å². The van der Waals surface area contributed by atoms with Gasteiger partial charge in [-0.15, -0.1) is 12.4 Å². The summed E-state index contributed by atoms with van der Waals surface area (Å²) in [4.78, 5) is 13.1. The van der Waals surface area contributed by atoms with E-state index in [-0.39, 0.29) is 24.4 Å². The Hall–Kier alpha value is -1.10. The Morgan fingerprint density at radius 1 is 1.09 bits per heavy atom.